The van der Waals surface area contributed by atoms with Crippen molar-refractivity contribution in [1.29, 1.82) is 0 Å². The zero-order chi connectivity index (χ0) is 29.1. The number of likely N-dealkylation sites (N-methyl/N-ethyl adjacent to an activating group) is 1. The van der Waals surface area contributed by atoms with E-state index in [-0.39, 0.29) is 5.91 Å². The van der Waals surface area contributed by atoms with E-state index in [1.807, 2.05) is 80.8 Å². The second kappa shape index (κ2) is 11.8. The van der Waals surface area contributed by atoms with Crippen LogP contribution in [0.2, 0.25) is 0 Å². The van der Waals surface area contributed by atoms with E-state index in [1.54, 1.807) is 23.3 Å². The number of pyridine rings is 1. The lowest BCUT2D eigenvalue weighted by Gasteiger charge is -2.34. The van der Waals surface area contributed by atoms with E-state index in [4.69, 9.17) is 4.98 Å². The van der Waals surface area contributed by atoms with Crippen LogP contribution in [0, 0.1) is 6.92 Å². The number of nitrogens with zero attached hydrogens (tertiary/aromatic N) is 7. The van der Waals surface area contributed by atoms with Gasteiger partial charge in [-0.05, 0) is 74.1 Å². The fourth-order valence-corrected chi connectivity index (χ4v) is 4.92. The van der Waals surface area contributed by atoms with Crippen molar-refractivity contribution in [2.24, 2.45) is 7.05 Å². The Balaban J connectivity index is 1.15. The van der Waals surface area contributed by atoms with Crippen LogP contribution in [0.5, 0.6) is 0 Å². The topological polar surface area (TPSA) is 104 Å². The van der Waals surface area contributed by atoms with Crippen LogP contribution in [0.15, 0.2) is 85.5 Å². The predicted molar refractivity (Wildman–Crippen MR) is 166 cm³/mol. The highest BCUT2D eigenvalue weighted by Gasteiger charge is 2.15. The molecule has 1 aliphatic heterocycles. The van der Waals surface area contributed by atoms with Crippen molar-refractivity contribution in [3.63, 3.8) is 0 Å². The van der Waals surface area contributed by atoms with Crippen LogP contribution in [-0.2, 0) is 7.05 Å². The number of amides is 1. The summed E-state index contributed by atoms with van der Waals surface area (Å²) in [4.78, 5) is 31.3. The number of carbonyl (C=O) groups is 1. The molecule has 0 radical (unpaired) electrons. The molecular weight excluding hydrogens is 526 g/mol. The summed E-state index contributed by atoms with van der Waals surface area (Å²) in [6, 6.07) is 19.4. The maximum atomic E-state index is 13.0. The summed E-state index contributed by atoms with van der Waals surface area (Å²) in [5.74, 6) is 0.287. The average molecular weight is 560 g/mol. The van der Waals surface area contributed by atoms with E-state index in [2.05, 4.69) is 42.5 Å². The van der Waals surface area contributed by atoms with E-state index in [0.717, 1.165) is 65.6 Å². The molecule has 4 heterocycles. The fraction of sp³-hybridized carbons (Fsp3) is 0.219. The van der Waals surface area contributed by atoms with Gasteiger partial charge in [0, 0.05) is 91.8 Å². The van der Waals surface area contributed by atoms with Gasteiger partial charge in [-0.3, -0.25) is 14.5 Å². The lowest BCUT2D eigenvalue weighted by Crippen LogP contribution is -2.44. The number of aromatic nitrogens is 5. The van der Waals surface area contributed by atoms with Gasteiger partial charge in [-0.15, -0.1) is 0 Å². The van der Waals surface area contributed by atoms with E-state index in [9.17, 15) is 4.79 Å². The molecular formula is C32H33N9O. The first-order valence-electron chi connectivity index (χ1n) is 13.9. The van der Waals surface area contributed by atoms with Gasteiger partial charge >= 0.3 is 0 Å². The first-order valence-corrected chi connectivity index (χ1v) is 13.9. The summed E-state index contributed by atoms with van der Waals surface area (Å²) in [6.07, 6.45) is 7.18. The van der Waals surface area contributed by atoms with Gasteiger partial charge in [0.05, 0.1) is 11.4 Å². The number of hydrogen-bond donors (Lipinski definition) is 2. The number of rotatable bonds is 7. The third-order valence-corrected chi connectivity index (χ3v) is 7.44. The Morgan fingerprint density at radius 3 is 2.36 bits per heavy atom. The Kier molecular flexibility index (Phi) is 7.61. The van der Waals surface area contributed by atoms with Crippen molar-refractivity contribution in [2.75, 3.05) is 48.8 Å². The van der Waals surface area contributed by atoms with E-state index in [0.29, 0.717) is 17.2 Å². The number of aryl methyl sites for hydroxylation is 2. The molecule has 0 bridgehead atoms. The van der Waals surface area contributed by atoms with Crippen molar-refractivity contribution in [2.45, 2.75) is 6.92 Å². The van der Waals surface area contributed by atoms with Gasteiger partial charge in [0.1, 0.15) is 0 Å². The molecule has 42 heavy (non-hydrogen) atoms. The Bertz CT molecular complexity index is 1710. The quantitative estimate of drug-likeness (QED) is 0.287. The maximum Gasteiger partial charge on any atom is 0.255 e. The molecule has 212 valence electrons. The zero-order valence-electron chi connectivity index (χ0n) is 24.0. The molecule has 0 spiro atoms. The van der Waals surface area contributed by atoms with Crippen molar-refractivity contribution >= 4 is 28.9 Å². The van der Waals surface area contributed by atoms with E-state index < -0.39 is 0 Å². The molecule has 1 amide bonds. The molecule has 2 aromatic carbocycles. The van der Waals surface area contributed by atoms with Crippen LogP contribution in [0.25, 0.3) is 22.5 Å². The van der Waals surface area contributed by atoms with Gasteiger partial charge in [-0.25, -0.2) is 9.97 Å². The molecule has 10 nitrogen and oxygen atoms in total. The van der Waals surface area contributed by atoms with Crippen molar-refractivity contribution < 1.29 is 4.79 Å². The van der Waals surface area contributed by atoms with Gasteiger partial charge in [0.2, 0.25) is 5.95 Å². The molecule has 0 aliphatic carbocycles. The largest absolute Gasteiger partial charge is 0.369 e. The van der Waals surface area contributed by atoms with Crippen molar-refractivity contribution in [3.05, 3.63) is 96.6 Å². The zero-order valence-corrected chi connectivity index (χ0v) is 24.0. The van der Waals surface area contributed by atoms with Crippen molar-refractivity contribution in [3.8, 4) is 22.5 Å². The van der Waals surface area contributed by atoms with Gasteiger partial charge < -0.3 is 20.4 Å². The molecule has 6 rings (SSSR count). The Morgan fingerprint density at radius 2 is 1.62 bits per heavy atom. The summed E-state index contributed by atoms with van der Waals surface area (Å²) in [5, 5.41) is 10.8. The molecule has 1 aliphatic rings. The standard InChI is InChI=1S/C32H33N9O/c1-22-4-7-26(35-31(42)23-5-8-27(9-6-23)41-16-14-39(2)15-17-41)19-30(22)37-32-34-12-10-28(36-32)24-18-25(21-33-20-24)29-11-13-40(3)38-29/h4-13,18-21H,14-17H2,1-3H3,(H,35,42)(H,34,36,37). The smallest absolute Gasteiger partial charge is 0.255 e. The molecule has 1 saturated heterocycles. The molecule has 1 fully saturated rings. The lowest BCUT2D eigenvalue weighted by molar-refractivity contribution is 0.102. The summed E-state index contributed by atoms with van der Waals surface area (Å²) in [5.41, 5.74) is 7.59. The highest BCUT2D eigenvalue weighted by Crippen LogP contribution is 2.27. The van der Waals surface area contributed by atoms with Crippen molar-refractivity contribution in [1.82, 2.24) is 29.6 Å². The monoisotopic (exact) mass is 559 g/mol. The lowest BCUT2D eigenvalue weighted by atomic mass is 10.1. The van der Waals surface area contributed by atoms with Crippen LogP contribution < -0.4 is 15.5 Å². The van der Waals surface area contributed by atoms with E-state index in [1.165, 1.54) is 0 Å². The van der Waals surface area contributed by atoms with Gasteiger partial charge in [-0.2, -0.15) is 5.10 Å². The van der Waals surface area contributed by atoms with Crippen LogP contribution >= 0.6 is 0 Å². The number of nitrogens with one attached hydrogen (secondary N) is 2. The van der Waals surface area contributed by atoms with E-state index >= 15 is 0 Å². The third kappa shape index (κ3) is 6.13. The summed E-state index contributed by atoms with van der Waals surface area (Å²) in [7, 11) is 4.03. The Labute approximate surface area is 245 Å². The Morgan fingerprint density at radius 1 is 0.857 bits per heavy atom. The van der Waals surface area contributed by atoms with Crippen LogP contribution in [0.4, 0.5) is 23.0 Å². The second-order valence-corrected chi connectivity index (χ2v) is 10.5. The normalized spacial score (nSPS) is 13.6. The number of benzene rings is 2. The molecule has 5 aromatic rings. The summed E-state index contributed by atoms with van der Waals surface area (Å²) < 4.78 is 1.76. The number of piperazine rings is 1. The minimum Gasteiger partial charge on any atom is -0.369 e. The number of hydrogen-bond acceptors (Lipinski definition) is 8. The first kappa shape index (κ1) is 27.1. The van der Waals surface area contributed by atoms with Crippen LogP contribution in [0.1, 0.15) is 15.9 Å². The maximum absolute atomic E-state index is 13.0. The molecule has 0 saturated carbocycles. The minimum absolute atomic E-state index is 0.159. The van der Waals surface area contributed by atoms with Gasteiger partial charge in [0.25, 0.3) is 5.91 Å². The second-order valence-electron chi connectivity index (χ2n) is 10.5. The predicted octanol–water partition coefficient (Wildman–Crippen LogP) is 5.00. The van der Waals surface area contributed by atoms with Gasteiger partial charge in [0.15, 0.2) is 0 Å². The Hall–Kier alpha value is -5.09. The summed E-state index contributed by atoms with van der Waals surface area (Å²) in [6.45, 7) is 6.05. The molecule has 10 heteroatoms. The molecule has 0 unspecified atom stereocenters. The third-order valence-electron chi connectivity index (χ3n) is 7.44. The number of carbonyl (C=O) groups excluding carboxylic acids is 1. The number of anilines is 4. The molecule has 0 atom stereocenters. The first-order chi connectivity index (χ1) is 20.4. The summed E-state index contributed by atoms with van der Waals surface area (Å²) >= 11 is 0. The highest BCUT2D eigenvalue weighted by atomic mass is 16.1. The molecule has 3 aromatic heterocycles. The van der Waals surface area contributed by atoms with Crippen LogP contribution in [0.3, 0.4) is 0 Å². The van der Waals surface area contributed by atoms with Gasteiger partial charge in [-0.1, -0.05) is 6.07 Å². The average Bonchev–Trinajstić information content (AvgIpc) is 3.46. The van der Waals surface area contributed by atoms with Crippen LogP contribution in [-0.4, -0.2) is 68.8 Å². The fourth-order valence-electron chi connectivity index (χ4n) is 4.92. The highest BCUT2D eigenvalue weighted by molar-refractivity contribution is 6.04. The SMILES string of the molecule is Cc1ccc(NC(=O)c2ccc(N3CCN(C)CC3)cc2)cc1Nc1nccc(-c2cncc(-c3ccn(C)n3)c2)n1. The molecule has 2 N–H and O–H groups in total. The minimum atomic E-state index is -0.159.